The predicted octanol–water partition coefficient (Wildman–Crippen LogP) is 6.86. The van der Waals surface area contributed by atoms with Gasteiger partial charge in [-0.05, 0) is 91.8 Å². The molecular weight excluding hydrogens is 596 g/mol. The molecule has 1 N–H and O–H groups in total. The summed E-state index contributed by atoms with van der Waals surface area (Å²) in [6.07, 6.45) is 10.8. The van der Waals surface area contributed by atoms with E-state index in [1.165, 1.54) is 11.1 Å². The Morgan fingerprint density at radius 2 is 1.95 bits per heavy atom. The van der Waals surface area contributed by atoms with E-state index in [0.29, 0.717) is 37.2 Å². The number of hydrogen-bond donors (Lipinski definition) is 1. The Morgan fingerprint density at radius 1 is 1.09 bits per heavy atom. The molecular formula is C35H47ClN2O5S. The zero-order chi connectivity index (χ0) is 31.1. The molecule has 0 radical (unpaired) electrons. The second-order valence-electron chi connectivity index (χ2n) is 12.3. The van der Waals surface area contributed by atoms with Gasteiger partial charge in [0.15, 0.2) is 0 Å². The van der Waals surface area contributed by atoms with Crippen molar-refractivity contribution in [1.82, 2.24) is 4.72 Å². The Hall–Kier alpha value is -2.39. The average Bonchev–Trinajstić information content (AvgIpc) is 3.18. The molecule has 2 bridgehead atoms. The number of benzene rings is 2. The van der Waals surface area contributed by atoms with Gasteiger partial charge >= 0.3 is 0 Å². The van der Waals surface area contributed by atoms with Crippen molar-refractivity contribution < 1.29 is 23.2 Å². The molecule has 1 saturated carbocycles. The number of amides is 1. The fourth-order valence-electron chi connectivity index (χ4n) is 6.79. The lowest BCUT2D eigenvalue weighted by Gasteiger charge is -2.44. The molecule has 240 valence electrons. The van der Waals surface area contributed by atoms with Gasteiger partial charge in [0.2, 0.25) is 0 Å². The third kappa shape index (κ3) is 7.87. The van der Waals surface area contributed by atoms with E-state index in [2.05, 4.69) is 40.8 Å². The molecule has 0 aromatic heterocycles. The molecule has 6 atom stereocenters. The van der Waals surface area contributed by atoms with Crippen LogP contribution in [0.2, 0.25) is 5.02 Å². The molecule has 5 rings (SSSR count). The lowest BCUT2D eigenvalue weighted by Crippen LogP contribution is -2.45. The Balaban J connectivity index is 1.51. The molecule has 3 aliphatic rings. The summed E-state index contributed by atoms with van der Waals surface area (Å²) >= 11 is 6.43. The van der Waals surface area contributed by atoms with Crippen LogP contribution in [0.1, 0.15) is 79.8 Å². The van der Waals surface area contributed by atoms with Gasteiger partial charge in [-0.15, -0.1) is 0 Å². The Labute approximate surface area is 270 Å². The molecule has 1 amide bonds. The summed E-state index contributed by atoms with van der Waals surface area (Å²) < 4.78 is 34.2. The van der Waals surface area contributed by atoms with E-state index in [0.717, 1.165) is 74.5 Å². The first-order valence-corrected chi connectivity index (χ1v) is 17.8. The summed E-state index contributed by atoms with van der Waals surface area (Å²) in [5.74, 6) is 1.40. The van der Waals surface area contributed by atoms with Crippen molar-refractivity contribution in [1.29, 1.82) is 0 Å². The minimum atomic E-state index is -1.49. The molecule has 2 aliphatic heterocycles. The minimum Gasteiger partial charge on any atom is -0.491 e. The molecule has 2 aromatic carbocycles. The van der Waals surface area contributed by atoms with Gasteiger partial charge in [0.25, 0.3) is 5.91 Å². The Bertz CT molecular complexity index is 1340. The molecule has 9 heteroatoms. The van der Waals surface area contributed by atoms with Crippen molar-refractivity contribution in [3.63, 3.8) is 0 Å². The highest BCUT2D eigenvalue weighted by Crippen LogP contribution is 2.43. The number of allylic oxidation sites excluding steroid dienone is 1. The molecule has 44 heavy (non-hydrogen) atoms. The molecule has 0 spiro atoms. The number of halogens is 1. The van der Waals surface area contributed by atoms with Crippen LogP contribution < -0.4 is 14.4 Å². The number of methoxy groups -OCH3 is 1. The van der Waals surface area contributed by atoms with E-state index < -0.39 is 11.0 Å². The van der Waals surface area contributed by atoms with Gasteiger partial charge in [-0.25, -0.2) is 4.21 Å². The number of ether oxygens (including phenoxy) is 3. The van der Waals surface area contributed by atoms with Crippen LogP contribution in [0.15, 0.2) is 48.6 Å². The lowest BCUT2D eigenvalue weighted by atomic mass is 9.70. The quantitative estimate of drug-likeness (QED) is 0.251. The Kier molecular flexibility index (Phi) is 11.8. The maximum Gasteiger partial charge on any atom is 0.263 e. The van der Waals surface area contributed by atoms with Crippen molar-refractivity contribution in [3.05, 3.63) is 70.3 Å². The number of anilines is 1. The number of aryl methyl sites for hydroxylation is 1. The predicted molar refractivity (Wildman–Crippen MR) is 178 cm³/mol. The number of nitrogens with zero attached hydrogens (tertiary/aromatic N) is 1. The smallest absolute Gasteiger partial charge is 0.263 e. The molecule has 6 unspecified atom stereocenters. The lowest BCUT2D eigenvalue weighted by molar-refractivity contribution is -0.0308. The van der Waals surface area contributed by atoms with Crippen molar-refractivity contribution in [2.45, 2.75) is 76.1 Å². The largest absolute Gasteiger partial charge is 0.491 e. The number of nitrogens with one attached hydrogen (secondary N) is 1. The first-order chi connectivity index (χ1) is 21.4. The normalized spacial score (nSPS) is 28.2. The number of fused-ring (bicyclic) bond motifs is 2. The van der Waals surface area contributed by atoms with E-state index in [1.807, 2.05) is 25.1 Å². The van der Waals surface area contributed by atoms with Gasteiger partial charge in [-0.1, -0.05) is 50.1 Å². The molecule has 1 fully saturated rings. The van der Waals surface area contributed by atoms with Gasteiger partial charge in [-0.2, -0.15) is 0 Å². The zero-order valence-corrected chi connectivity index (χ0v) is 27.8. The standard InChI is InChI=1S/C35H47ClN2O5S/c1-4-8-24-19-28(36)13-15-30(24)27-22-38-21-26-11-14-31(26)33(42-18-17-41-3)10-7-6-9-29(5-2)44(40)37-35(39)25-12-16-34(43-23-27)32(38)20-25/h7,10,12-13,15-16,19-20,26-27,29,31,33H,4-6,8-9,11,14,17-18,21-23H2,1-3H3,(H,37,39)/b10-7+. The second-order valence-corrected chi connectivity index (χ2v) is 14.2. The Morgan fingerprint density at radius 3 is 2.70 bits per heavy atom. The minimum absolute atomic E-state index is 0.000616. The van der Waals surface area contributed by atoms with Crippen LogP contribution in [0.5, 0.6) is 5.75 Å². The number of carbonyl (C=O) groups is 1. The molecule has 2 aromatic rings. The maximum absolute atomic E-state index is 13.4. The molecule has 0 saturated heterocycles. The van der Waals surface area contributed by atoms with Crippen LogP contribution in [-0.4, -0.2) is 61.5 Å². The van der Waals surface area contributed by atoms with Crippen molar-refractivity contribution in [3.8, 4) is 5.75 Å². The van der Waals surface area contributed by atoms with E-state index in [4.69, 9.17) is 25.8 Å². The van der Waals surface area contributed by atoms with Crippen LogP contribution in [0.4, 0.5) is 5.69 Å². The first kappa shape index (κ1) is 33.0. The van der Waals surface area contributed by atoms with Gasteiger partial charge < -0.3 is 19.1 Å². The number of hydrogen-bond acceptors (Lipinski definition) is 6. The van der Waals surface area contributed by atoms with Gasteiger partial charge in [-0.3, -0.25) is 9.52 Å². The topological polar surface area (TPSA) is 77.1 Å². The van der Waals surface area contributed by atoms with E-state index >= 15 is 0 Å². The van der Waals surface area contributed by atoms with Gasteiger partial charge in [0, 0.05) is 36.7 Å². The van der Waals surface area contributed by atoms with Crippen LogP contribution >= 0.6 is 11.6 Å². The zero-order valence-electron chi connectivity index (χ0n) is 26.3. The van der Waals surface area contributed by atoms with Crippen LogP contribution in [-0.2, 0) is 26.9 Å². The van der Waals surface area contributed by atoms with Crippen molar-refractivity contribution >= 4 is 34.2 Å². The summed E-state index contributed by atoms with van der Waals surface area (Å²) in [6, 6.07) is 11.8. The fourth-order valence-corrected chi connectivity index (χ4v) is 8.10. The maximum atomic E-state index is 13.4. The van der Waals surface area contributed by atoms with Crippen LogP contribution in [0.25, 0.3) is 0 Å². The van der Waals surface area contributed by atoms with Gasteiger partial charge in [0.1, 0.15) is 16.7 Å². The molecule has 2 heterocycles. The second kappa shape index (κ2) is 15.7. The first-order valence-electron chi connectivity index (χ1n) is 16.2. The third-order valence-electron chi connectivity index (χ3n) is 9.39. The summed E-state index contributed by atoms with van der Waals surface area (Å²) in [7, 11) is 0.213. The highest BCUT2D eigenvalue weighted by atomic mass is 35.5. The van der Waals surface area contributed by atoms with Crippen molar-refractivity contribution in [2.75, 3.05) is 44.9 Å². The SMILES string of the molecule is CCCc1cc(Cl)ccc1C1COc2ccc3cc2N(C1)CC1CCC1C(OCCOC)/C=C/CCC(CC)S(=O)NC3=O. The van der Waals surface area contributed by atoms with E-state index in [1.54, 1.807) is 13.2 Å². The highest BCUT2D eigenvalue weighted by molar-refractivity contribution is 7.84. The third-order valence-corrected chi connectivity index (χ3v) is 11.2. The average molecular weight is 643 g/mol. The van der Waals surface area contributed by atoms with Gasteiger partial charge in [0.05, 0.1) is 36.9 Å². The van der Waals surface area contributed by atoms with Crippen LogP contribution in [0.3, 0.4) is 0 Å². The molecule has 7 nitrogen and oxygen atoms in total. The monoisotopic (exact) mass is 642 g/mol. The van der Waals surface area contributed by atoms with Crippen LogP contribution in [0, 0.1) is 11.8 Å². The van der Waals surface area contributed by atoms with Crippen molar-refractivity contribution in [2.24, 2.45) is 11.8 Å². The number of rotatable bonds is 8. The highest BCUT2D eigenvalue weighted by Gasteiger charge is 2.39. The fraction of sp³-hybridized carbons (Fsp3) is 0.571. The molecule has 1 aliphatic carbocycles. The number of carbonyl (C=O) groups excluding carboxylic acids is 1. The summed E-state index contributed by atoms with van der Waals surface area (Å²) in [4.78, 5) is 15.8. The summed E-state index contributed by atoms with van der Waals surface area (Å²) in [5.41, 5.74) is 3.94. The van der Waals surface area contributed by atoms with E-state index in [9.17, 15) is 9.00 Å². The van der Waals surface area contributed by atoms with E-state index in [-0.39, 0.29) is 23.2 Å². The summed E-state index contributed by atoms with van der Waals surface area (Å²) in [6.45, 7) is 7.44. The summed E-state index contributed by atoms with van der Waals surface area (Å²) in [5, 5.41) is 0.627.